The Balaban J connectivity index is 1.78. The number of fused-ring (bicyclic) bond motifs is 8. The summed E-state index contributed by atoms with van der Waals surface area (Å²) in [7, 11) is 3.61. The second kappa shape index (κ2) is 16.7. The molecule has 4 N–H and O–H groups in total. The fourth-order valence-corrected chi connectivity index (χ4v) is 7.77. The maximum atomic E-state index is 13.5. The fourth-order valence-electron chi connectivity index (χ4n) is 7.77. The van der Waals surface area contributed by atoms with E-state index in [0.29, 0.717) is 32.1 Å². The number of carboxylic acids is 2. The van der Waals surface area contributed by atoms with Crippen molar-refractivity contribution in [3.8, 4) is 0 Å². The second-order valence-electron chi connectivity index (χ2n) is 15.0. The molecule has 0 radical (unpaired) electrons. The lowest BCUT2D eigenvalue weighted by atomic mass is 9.70. The predicted molar refractivity (Wildman–Crippen MR) is 207 cm³/mol. The molecule has 5 rings (SSSR count). The monoisotopic (exact) mass is 709 g/mol. The van der Waals surface area contributed by atoms with Crippen LogP contribution in [0.4, 0.5) is 0 Å². The first-order valence-electron chi connectivity index (χ1n) is 18.9. The topological polar surface area (TPSA) is 152 Å². The first kappa shape index (κ1) is 38.5. The largest absolute Gasteiger partial charge is 0.481 e. The highest BCUT2D eigenvalue weighted by Gasteiger charge is 2.44. The third kappa shape index (κ3) is 8.82. The number of carbonyl (C=O) groups excluding carboxylic acids is 1. The Kier molecular flexibility index (Phi) is 12.4. The number of nitrogens with one attached hydrogen (secondary N) is 2. The molecule has 0 aliphatic carbocycles. The molecule has 1 amide bonds. The first-order chi connectivity index (χ1) is 24.8. The molecule has 3 aromatic heterocycles. The zero-order valence-electron chi connectivity index (χ0n) is 31.7. The summed E-state index contributed by atoms with van der Waals surface area (Å²) in [5.41, 5.74) is 10.5. The number of carboxylic acid groups (broad SMARTS) is 2. The highest BCUT2D eigenvalue weighted by molar-refractivity contribution is 5.93. The number of amides is 1. The van der Waals surface area contributed by atoms with E-state index in [1.165, 1.54) is 19.3 Å². The minimum absolute atomic E-state index is 0.00825. The smallest absolute Gasteiger partial charge is 0.303 e. The van der Waals surface area contributed by atoms with Crippen LogP contribution >= 0.6 is 0 Å². The summed E-state index contributed by atoms with van der Waals surface area (Å²) in [6.45, 7) is 8.51. The molecule has 52 heavy (non-hydrogen) atoms. The van der Waals surface area contributed by atoms with Crippen LogP contribution in [0, 0.1) is 6.92 Å². The lowest BCUT2D eigenvalue weighted by Gasteiger charge is -2.32. The highest BCUT2D eigenvalue weighted by atomic mass is 16.4. The predicted octanol–water partition coefficient (Wildman–Crippen LogP) is 9.10. The molecule has 0 unspecified atom stereocenters. The summed E-state index contributed by atoms with van der Waals surface area (Å²) in [4.78, 5) is 55.7. The standard InChI is InChI=1S/C42H55N5O5/c1-7-8-9-10-11-16-32-37-23-34-27(3)31(15-13-18-41(51)52)36(45-34)24-35-30(14-12-17-40(49)50)26(2)33(44-35)21-28-19-20-29(43-28)22-38(46-37)42(32,4)25-39(48)47(5)6/h19-24,32,43,45H,7-18,25H2,1-6H3,(H,49,50)(H,51,52)/t32-,42+/m0/s1. The van der Waals surface area contributed by atoms with Crippen molar-refractivity contribution < 1.29 is 24.6 Å². The van der Waals surface area contributed by atoms with Gasteiger partial charge in [-0.3, -0.25) is 19.4 Å². The zero-order valence-corrected chi connectivity index (χ0v) is 31.7. The van der Waals surface area contributed by atoms with E-state index in [2.05, 4.69) is 42.9 Å². The number of aromatic nitrogens is 4. The van der Waals surface area contributed by atoms with Gasteiger partial charge in [-0.1, -0.05) is 46.0 Å². The Morgan fingerprint density at radius 2 is 1.48 bits per heavy atom. The molecular formula is C42H55N5O5. The molecule has 2 aliphatic rings. The van der Waals surface area contributed by atoms with Crippen LogP contribution in [0.15, 0.2) is 36.4 Å². The zero-order chi connectivity index (χ0) is 37.6. The summed E-state index contributed by atoms with van der Waals surface area (Å²) in [6.07, 6.45) is 9.21. The van der Waals surface area contributed by atoms with E-state index in [-0.39, 0.29) is 24.7 Å². The molecule has 2 aliphatic heterocycles. The second-order valence-corrected chi connectivity index (χ2v) is 15.0. The van der Waals surface area contributed by atoms with E-state index in [0.717, 1.165) is 86.4 Å². The van der Waals surface area contributed by atoms with Crippen molar-refractivity contribution in [2.24, 2.45) is 0 Å². The number of allylic oxidation sites excluding steroid dienone is 2. The van der Waals surface area contributed by atoms with Gasteiger partial charge >= 0.3 is 11.9 Å². The molecule has 0 fully saturated rings. The SMILES string of the molecule is CCCCCCC[C@H]1c2cc3[nH]c(cc4nc(cc5ccc(cc(n2)[C@]1(C)CC(=O)N(C)C)[nH]5)C(C)=C4CCCC(=O)O)c(CCCC(=O)O)c3C. The van der Waals surface area contributed by atoms with Crippen molar-refractivity contribution >= 4 is 51.1 Å². The number of nitrogens with zero attached hydrogens (tertiary/aromatic N) is 3. The molecule has 0 saturated carbocycles. The van der Waals surface area contributed by atoms with Crippen molar-refractivity contribution in [3.63, 3.8) is 0 Å². The van der Waals surface area contributed by atoms with Gasteiger partial charge in [-0.25, -0.2) is 4.98 Å². The average Bonchev–Trinajstić information content (AvgIpc) is 3.79. The quantitative estimate of drug-likeness (QED) is 0.108. The lowest BCUT2D eigenvalue weighted by molar-refractivity contribution is -0.138. The number of unbranched alkanes of at least 4 members (excludes halogenated alkanes) is 4. The van der Waals surface area contributed by atoms with Gasteiger partial charge in [0.25, 0.3) is 0 Å². The van der Waals surface area contributed by atoms with Gasteiger partial charge in [0.15, 0.2) is 0 Å². The summed E-state index contributed by atoms with van der Waals surface area (Å²) in [5, 5.41) is 18.8. The van der Waals surface area contributed by atoms with Crippen LogP contribution in [-0.4, -0.2) is 67.0 Å². The Morgan fingerprint density at radius 1 is 0.808 bits per heavy atom. The molecule has 278 valence electrons. The van der Waals surface area contributed by atoms with E-state index >= 15 is 0 Å². The number of H-pyrrole nitrogens is 2. The van der Waals surface area contributed by atoms with Crippen LogP contribution < -0.4 is 0 Å². The van der Waals surface area contributed by atoms with Crippen LogP contribution in [0.2, 0.25) is 0 Å². The Morgan fingerprint density at radius 3 is 2.15 bits per heavy atom. The molecule has 8 bridgehead atoms. The average molecular weight is 710 g/mol. The van der Waals surface area contributed by atoms with Crippen LogP contribution in [0.5, 0.6) is 0 Å². The molecule has 0 spiro atoms. The van der Waals surface area contributed by atoms with Crippen LogP contribution in [-0.2, 0) is 26.2 Å². The molecule has 0 saturated heterocycles. The van der Waals surface area contributed by atoms with Crippen molar-refractivity contribution in [1.82, 2.24) is 24.8 Å². The van der Waals surface area contributed by atoms with Gasteiger partial charge in [0.05, 0.1) is 11.4 Å². The molecule has 10 nitrogen and oxygen atoms in total. The van der Waals surface area contributed by atoms with Gasteiger partial charge in [-0.05, 0) is 105 Å². The molecule has 3 aromatic rings. The number of carbonyl (C=O) groups is 3. The van der Waals surface area contributed by atoms with Crippen molar-refractivity contribution in [3.05, 3.63) is 70.3 Å². The van der Waals surface area contributed by atoms with E-state index in [4.69, 9.17) is 9.97 Å². The number of aromatic amines is 2. The maximum Gasteiger partial charge on any atom is 0.303 e. The number of aliphatic carboxylic acids is 2. The Hall–Kier alpha value is -4.73. The van der Waals surface area contributed by atoms with Crippen LogP contribution in [0.1, 0.15) is 138 Å². The molecule has 5 heterocycles. The molecular weight excluding hydrogens is 654 g/mol. The van der Waals surface area contributed by atoms with E-state index in [1.54, 1.807) is 19.0 Å². The van der Waals surface area contributed by atoms with E-state index in [9.17, 15) is 24.6 Å². The Labute approximate surface area is 306 Å². The minimum Gasteiger partial charge on any atom is -0.481 e. The van der Waals surface area contributed by atoms with Crippen LogP contribution in [0.3, 0.4) is 0 Å². The molecule has 0 aromatic carbocycles. The van der Waals surface area contributed by atoms with Gasteiger partial charge in [-0.2, -0.15) is 0 Å². The van der Waals surface area contributed by atoms with Crippen LogP contribution in [0.25, 0.3) is 33.2 Å². The summed E-state index contributed by atoms with van der Waals surface area (Å²) >= 11 is 0. The minimum atomic E-state index is -0.828. The van der Waals surface area contributed by atoms with E-state index in [1.807, 2.05) is 31.2 Å². The molecule has 2 atom stereocenters. The lowest BCUT2D eigenvalue weighted by Crippen LogP contribution is -2.34. The van der Waals surface area contributed by atoms with E-state index < -0.39 is 17.4 Å². The van der Waals surface area contributed by atoms with Gasteiger partial charge in [0.2, 0.25) is 5.91 Å². The Bertz CT molecular complexity index is 2000. The normalized spacial score (nSPS) is 17.1. The van der Waals surface area contributed by atoms with Gasteiger partial charge in [0.1, 0.15) is 0 Å². The van der Waals surface area contributed by atoms with Gasteiger partial charge in [-0.15, -0.1) is 0 Å². The number of hydrogen-bond acceptors (Lipinski definition) is 5. The summed E-state index contributed by atoms with van der Waals surface area (Å²) in [6, 6.07) is 12.3. The number of hydrogen-bond donors (Lipinski definition) is 4. The summed E-state index contributed by atoms with van der Waals surface area (Å²) < 4.78 is 0. The highest BCUT2D eigenvalue weighted by Crippen LogP contribution is 2.48. The van der Waals surface area contributed by atoms with Crippen molar-refractivity contribution in [2.45, 2.75) is 122 Å². The third-order valence-electron chi connectivity index (χ3n) is 10.9. The third-order valence-corrected chi connectivity index (χ3v) is 10.9. The fraction of sp³-hybridized carbons (Fsp3) is 0.500. The number of aryl methyl sites for hydroxylation is 2. The molecule has 10 heteroatoms. The number of rotatable bonds is 16. The van der Waals surface area contributed by atoms with Crippen molar-refractivity contribution in [1.29, 1.82) is 0 Å². The van der Waals surface area contributed by atoms with Gasteiger partial charge in [0, 0.05) is 78.1 Å². The van der Waals surface area contributed by atoms with Gasteiger partial charge < -0.3 is 25.1 Å². The summed E-state index contributed by atoms with van der Waals surface area (Å²) in [5.74, 6) is -1.58. The van der Waals surface area contributed by atoms with Crippen molar-refractivity contribution in [2.75, 3.05) is 14.1 Å². The first-order valence-corrected chi connectivity index (χ1v) is 18.9. The maximum absolute atomic E-state index is 13.5.